The van der Waals surface area contributed by atoms with E-state index in [-0.39, 0.29) is 73.4 Å². The van der Waals surface area contributed by atoms with E-state index in [1.54, 1.807) is 17.0 Å². The van der Waals surface area contributed by atoms with Crippen LogP contribution in [0.2, 0.25) is 0 Å². The summed E-state index contributed by atoms with van der Waals surface area (Å²) in [6.07, 6.45) is 9.78. The topological polar surface area (TPSA) is 175 Å². The van der Waals surface area contributed by atoms with Crippen LogP contribution in [0.25, 0.3) is 0 Å². The third-order valence-corrected chi connectivity index (χ3v) is 12.3. The fourth-order valence-corrected chi connectivity index (χ4v) is 8.32. The summed E-state index contributed by atoms with van der Waals surface area (Å²) in [6.45, 7) is 4.91. The minimum absolute atomic E-state index is 0.0298. The number of ether oxygens (including phenoxy) is 1. The van der Waals surface area contributed by atoms with Crippen molar-refractivity contribution in [3.05, 3.63) is 107 Å². The molecule has 3 aromatic carbocycles. The Bertz CT molecular complexity index is 1890. The molecular formula is C49H64N6O7. The largest absolute Gasteiger partial charge is 0.450 e. The molecule has 3 aliphatic rings. The van der Waals surface area contributed by atoms with E-state index in [4.69, 9.17) is 4.74 Å². The third-order valence-electron chi connectivity index (χ3n) is 12.3. The number of hydrogen-bond acceptors (Lipinski definition) is 7. The maximum Gasteiger partial charge on any atom is 0.407 e. The summed E-state index contributed by atoms with van der Waals surface area (Å²) in [5.41, 5.74) is 2.87. The van der Waals surface area contributed by atoms with Crippen LogP contribution in [0.1, 0.15) is 128 Å². The van der Waals surface area contributed by atoms with Crippen LogP contribution < -0.4 is 26.6 Å². The molecule has 62 heavy (non-hydrogen) atoms. The highest BCUT2D eigenvalue weighted by molar-refractivity contribution is 5.99. The highest BCUT2D eigenvalue weighted by Gasteiger charge is 2.49. The summed E-state index contributed by atoms with van der Waals surface area (Å²) in [5, 5.41) is 14.5. The van der Waals surface area contributed by atoms with Crippen LogP contribution in [0, 0.1) is 11.8 Å². The second-order valence-electron chi connectivity index (χ2n) is 17.0. The first-order chi connectivity index (χ1) is 30.2. The normalized spacial score (nSPS) is 21.5. The van der Waals surface area contributed by atoms with Gasteiger partial charge in [0.25, 0.3) is 11.8 Å². The molecular weight excluding hydrogens is 785 g/mol. The number of benzene rings is 3. The molecule has 2 aliphatic carbocycles. The van der Waals surface area contributed by atoms with E-state index in [1.807, 2.05) is 36.4 Å². The Kier molecular flexibility index (Phi) is 16.9. The molecule has 1 saturated heterocycles. The Balaban J connectivity index is 1.05. The molecule has 5 N–H and O–H groups in total. The lowest BCUT2D eigenvalue weighted by Crippen LogP contribution is -2.53. The van der Waals surface area contributed by atoms with E-state index in [2.05, 4.69) is 64.7 Å². The van der Waals surface area contributed by atoms with Crippen LogP contribution in [0.3, 0.4) is 0 Å². The molecule has 13 nitrogen and oxygen atoms in total. The van der Waals surface area contributed by atoms with Gasteiger partial charge >= 0.3 is 6.09 Å². The Morgan fingerprint density at radius 3 is 1.69 bits per heavy atom. The van der Waals surface area contributed by atoms with E-state index in [0.29, 0.717) is 12.1 Å². The molecule has 0 bridgehead atoms. The Morgan fingerprint density at radius 1 is 0.629 bits per heavy atom. The fourth-order valence-electron chi connectivity index (χ4n) is 8.32. The molecule has 0 radical (unpaired) electrons. The van der Waals surface area contributed by atoms with Crippen LogP contribution in [-0.4, -0.2) is 91.4 Å². The molecule has 6 rings (SSSR count). The number of unbranched alkanes of at least 4 members (excludes halogenated alkanes) is 7. The molecule has 3 aromatic rings. The van der Waals surface area contributed by atoms with Gasteiger partial charge in [0.05, 0.1) is 18.4 Å². The molecule has 7 atom stereocenters. The first-order valence-electron chi connectivity index (χ1n) is 22.8. The number of hydrogen-bond donors (Lipinski definition) is 5. The van der Waals surface area contributed by atoms with Gasteiger partial charge < -0.3 is 36.2 Å². The van der Waals surface area contributed by atoms with Crippen molar-refractivity contribution >= 4 is 35.6 Å². The first kappa shape index (κ1) is 45.8. The van der Waals surface area contributed by atoms with Crippen molar-refractivity contribution in [2.24, 2.45) is 11.8 Å². The second-order valence-corrected chi connectivity index (χ2v) is 17.0. The van der Waals surface area contributed by atoms with Gasteiger partial charge in [-0.3, -0.25) is 24.0 Å². The monoisotopic (exact) mass is 848 g/mol. The van der Waals surface area contributed by atoms with E-state index in [0.717, 1.165) is 81.8 Å². The van der Waals surface area contributed by atoms with Gasteiger partial charge in [-0.25, -0.2) is 4.79 Å². The van der Waals surface area contributed by atoms with E-state index in [9.17, 15) is 28.8 Å². The highest BCUT2D eigenvalue weighted by atomic mass is 16.5. The van der Waals surface area contributed by atoms with Gasteiger partial charge in [0.1, 0.15) is 6.04 Å². The zero-order valence-corrected chi connectivity index (χ0v) is 36.2. The van der Waals surface area contributed by atoms with Crippen molar-refractivity contribution < 1.29 is 33.5 Å². The molecule has 6 amide bonds. The van der Waals surface area contributed by atoms with E-state index < -0.39 is 35.8 Å². The summed E-state index contributed by atoms with van der Waals surface area (Å²) >= 11 is 0. The number of carbonyl (C=O) groups excluding carboxylic acids is 6. The number of likely N-dealkylation sites (tertiary alicyclic amines) is 1. The van der Waals surface area contributed by atoms with Crippen LogP contribution in [0.5, 0.6) is 0 Å². The fraction of sp³-hybridized carbons (Fsp3) is 0.510. The third kappa shape index (κ3) is 13.1. The lowest BCUT2D eigenvalue weighted by molar-refractivity contribution is -0.133. The van der Waals surface area contributed by atoms with E-state index in [1.165, 1.54) is 12.1 Å². The van der Waals surface area contributed by atoms with Gasteiger partial charge in [0.15, 0.2) is 0 Å². The number of carbonyl (C=O) groups is 6. The van der Waals surface area contributed by atoms with Crippen molar-refractivity contribution in [2.75, 3.05) is 32.8 Å². The minimum Gasteiger partial charge on any atom is -0.450 e. The van der Waals surface area contributed by atoms with Crippen molar-refractivity contribution in [3.8, 4) is 0 Å². The van der Waals surface area contributed by atoms with Gasteiger partial charge in [-0.1, -0.05) is 119 Å². The summed E-state index contributed by atoms with van der Waals surface area (Å²) < 4.78 is 5.33. The molecule has 1 heterocycles. The molecule has 1 aliphatic heterocycles. The molecule has 0 spiro atoms. The van der Waals surface area contributed by atoms with Crippen molar-refractivity contribution in [3.63, 3.8) is 0 Å². The van der Waals surface area contributed by atoms with Gasteiger partial charge in [0, 0.05) is 61.2 Å². The average molecular weight is 849 g/mol. The van der Waals surface area contributed by atoms with Crippen molar-refractivity contribution in [1.29, 1.82) is 0 Å². The SMILES string of the molecule is CCCCCCCOC(=O)N[C@@H](CNC(=O)c1ccc(C(=O)N2C[C@@H](C(=O)N[C@H]3C[C@@H]3c3ccccc3)[C@H](C(=O)N[C@H]3C[C@@H]3c3ccccc3)C2)cc1)C(=O)NCCCCCC. The second kappa shape index (κ2) is 22.9. The summed E-state index contributed by atoms with van der Waals surface area (Å²) in [5.74, 6) is -2.77. The van der Waals surface area contributed by atoms with Crippen LogP contribution in [-0.2, 0) is 19.1 Å². The zero-order chi connectivity index (χ0) is 43.8. The Morgan fingerprint density at radius 2 is 1.15 bits per heavy atom. The van der Waals surface area contributed by atoms with E-state index >= 15 is 0 Å². The highest BCUT2D eigenvalue weighted by Crippen LogP contribution is 2.42. The molecule has 3 fully saturated rings. The van der Waals surface area contributed by atoms with Crippen molar-refractivity contribution in [2.45, 2.75) is 114 Å². The van der Waals surface area contributed by atoms with Crippen LogP contribution >= 0.6 is 0 Å². The molecule has 0 aromatic heterocycles. The lowest BCUT2D eigenvalue weighted by atomic mass is 9.94. The van der Waals surface area contributed by atoms with Crippen LogP contribution in [0.4, 0.5) is 4.79 Å². The standard InChI is InChI=1S/C49H64N6O7/c1-3-5-7-9-17-27-62-49(61)54-43(47(59)50-26-16-8-6-4-2)30-51-44(56)35-22-24-36(25-23-35)48(60)55-31-39(45(57)52-41-28-37(41)33-18-12-10-13-19-33)40(32-55)46(58)53-42-29-38(42)34-20-14-11-15-21-34/h10-15,18-25,37-43H,3-9,16-17,26-32H2,1-2H3,(H,50,59)(H,51,56)(H,52,57)(H,53,58)(H,54,61)/t37-,38-,39-,40-,41+,42+,43+/m1/s1. The summed E-state index contributed by atoms with van der Waals surface area (Å²) in [4.78, 5) is 82.3. The lowest BCUT2D eigenvalue weighted by Gasteiger charge is -2.19. The quantitative estimate of drug-likeness (QED) is 0.0706. The van der Waals surface area contributed by atoms with Gasteiger partial charge in [0.2, 0.25) is 17.7 Å². The molecule has 332 valence electrons. The number of nitrogens with one attached hydrogen (secondary N) is 5. The first-order valence-corrected chi connectivity index (χ1v) is 22.8. The van der Waals surface area contributed by atoms with Gasteiger partial charge in [-0.15, -0.1) is 0 Å². The predicted molar refractivity (Wildman–Crippen MR) is 237 cm³/mol. The number of alkyl carbamates (subject to hydrolysis) is 1. The van der Waals surface area contributed by atoms with Gasteiger partial charge in [-0.05, 0) is 61.1 Å². The minimum atomic E-state index is -1.06. The van der Waals surface area contributed by atoms with Crippen LogP contribution in [0.15, 0.2) is 84.9 Å². The predicted octanol–water partition coefficient (Wildman–Crippen LogP) is 6.21. The number of rotatable bonds is 23. The number of amides is 6. The molecule has 0 unspecified atom stereocenters. The van der Waals surface area contributed by atoms with Gasteiger partial charge in [-0.2, -0.15) is 0 Å². The Hall–Kier alpha value is -5.72. The van der Waals surface area contributed by atoms with Crippen molar-refractivity contribution in [1.82, 2.24) is 31.5 Å². The molecule has 2 saturated carbocycles. The average Bonchev–Trinajstić information content (AvgIpc) is 4.20. The Labute approximate surface area is 365 Å². The molecule has 13 heteroatoms. The summed E-state index contributed by atoms with van der Waals surface area (Å²) in [7, 11) is 0. The maximum absolute atomic E-state index is 14.0. The maximum atomic E-state index is 14.0. The summed E-state index contributed by atoms with van der Waals surface area (Å²) in [6, 6.07) is 25.1. The number of nitrogens with zero attached hydrogens (tertiary/aromatic N) is 1. The smallest absolute Gasteiger partial charge is 0.407 e. The zero-order valence-electron chi connectivity index (χ0n) is 36.2.